The normalized spacial score (nSPS) is 12.1. The Labute approximate surface area is 105 Å². The third-order valence-electron chi connectivity index (χ3n) is 2.74. The molecule has 0 aliphatic carbocycles. The van der Waals surface area contributed by atoms with Crippen LogP contribution in [0, 0.1) is 17.1 Å². The maximum atomic E-state index is 13.5. The lowest BCUT2D eigenvalue weighted by Gasteiger charge is -2.11. The first kappa shape index (κ1) is 12.3. The first-order valence-corrected chi connectivity index (χ1v) is 5.66. The highest BCUT2D eigenvalue weighted by Gasteiger charge is 2.09. The Balaban J connectivity index is 2.04. The van der Waals surface area contributed by atoms with E-state index in [0.29, 0.717) is 17.7 Å². The number of rotatable bonds is 4. The van der Waals surface area contributed by atoms with Crippen molar-refractivity contribution < 1.29 is 8.81 Å². The molecule has 1 heterocycles. The fraction of sp³-hybridized carbons (Fsp3) is 0.214. The highest BCUT2D eigenvalue weighted by molar-refractivity contribution is 5.33. The van der Waals surface area contributed by atoms with E-state index in [2.05, 4.69) is 5.32 Å². The predicted molar refractivity (Wildman–Crippen MR) is 65.1 cm³/mol. The summed E-state index contributed by atoms with van der Waals surface area (Å²) in [5.74, 6) is 0.486. The molecule has 0 radical (unpaired) electrons. The molecule has 0 spiro atoms. The van der Waals surface area contributed by atoms with Crippen molar-refractivity contribution in [2.75, 3.05) is 0 Å². The van der Waals surface area contributed by atoms with Gasteiger partial charge >= 0.3 is 0 Å². The zero-order valence-corrected chi connectivity index (χ0v) is 9.98. The number of nitrogens with one attached hydrogen (secondary N) is 1. The van der Waals surface area contributed by atoms with Crippen molar-refractivity contribution in [3.05, 3.63) is 59.3 Å². The average Bonchev–Trinajstić information content (AvgIpc) is 2.91. The molecule has 0 aliphatic heterocycles. The standard InChI is InChI=1S/C14H13FN2O/c1-10(14-3-2-6-18-14)17-9-12-7-11(8-16)4-5-13(12)15/h2-7,10,17H,9H2,1H3/t10-/m0/s1. The molecule has 1 aromatic heterocycles. The number of benzene rings is 1. The fourth-order valence-corrected chi connectivity index (χ4v) is 1.68. The topological polar surface area (TPSA) is 49.0 Å². The van der Waals surface area contributed by atoms with Gasteiger partial charge in [0.15, 0.2) is 0 Å². The lowest BCUT2D eigenvalue weighted by molar-refractivity contribution is 0.427. The van der Waals surface area contributed by atoms with Gasteiger partial charge in [0.05, 0.1) is 23.9 Å². The van der Waals surface area contributed by atoms with Crippen molar-refractivity contribution in [2.24, 2.45) is 0 Å². The van der Waals surface area contributed by atoms with E-state index in [4.69, 9.17) is 9.68 Å². The van der Waals surface area contributed by atoms with Gasteiger partial charge < -0.3 is 9.73 Å². The Hall–Kier alpha value is -2.12. The largest absolute Gasteiger partial charge is 0.468 e. The molecule has 0 amide bonds. The van der Waals surface area contributed by atoms with Crippen molar-refractivity contribution in [2.45, 2.75) is 19.5 Å². The van der Waals surface area contributed by atoms with Gasteiger partial charge in [-0.15, -0.1) is 0 Å². The van der Waals surface area contributed by atoms with Crippen molar-refractivity contribution in [1.82, 2.24) is 5.32 Å². The smallest absolute Gasteiger partial charge is 0.127 e. The summed E-state index contributed by atoms with van der Waals surface area (Å²) in [7, 11) is 0. The highest BCUT2D eigenvalue weighted by atomic mass is 19.1. The maximum Gasteiger partial charge on any atom is 0.127 e. The maximum absolute atomic E-state index is 13.5. The Morgan fingerprint density at radius 2 is 2.28 bits per heavy atom. The summed E-state index contributed by atoms with van der Waals surface area (Å²) in [6.45, 7) is 2.29. The summed E-state index contributed by atoms with van der Waals surface area (Å²) in [4.78, 5) is 0. The summed E-state index contributed by atoms with van der Waals surface area (Å²) in [5.41, 5.74) is 0.936. The van der Waals surface area contributed by atoms with Crippen LogP contribution >= 0.6 is 0 Å². The van der Waals surface area contributed by atoms with Gasteiger partial charge in [-0.1, -0.05) is 0 Å². The van der Waals surface area contributed by atoms with E-state index < -0.39 is 0 Å². The third kappa shape index (κ3) is 2.76. The number of nitrogens with zero attached hydrogens (tertiary/aromatic N) is 1. The fourth-order valence-electron chi connectivity index (χ4n) is 1.68. The molecule has 2 aromatic rings. The SMILES string of the molecule is C[C@H](NCc1cc(C#N)ccc1F)c1ccco1. The minimum absolute atomic E-state index is 0.00913. The van der Waals surface area contributed by atoms with Gasteiger partial charge in [0.2, 0.25) is 0 Å². The van der Waals surface area contributed by atoms with Crippen LogP contribution in [0.3, 0.4) is 0 Å². The zero-order valence-electron chi connectivity index (χ0n) is 9.98. The zero-order chi connectivity index (χ0) is 13.0. The molecular formula is C14H13FN2O. The molecule has 0 saturated heterocycles. The first-order chi connectivity index (χ1) is 8.70. The van der Waals surface area contributed by atoms with Crippen LogP contribution in [-0.2, 0) is 6.54 Å². The molecule has 3 nitrogen and oxygen atoms in total. The quantitative estimate of drug-likeness (QED) is 0.898. The Morgan fingerprint density at radius 1 is 1.44 bits per heavy atom. The second-order valence-electron chi connectivity index (χ2n) is 4.04. The Kier molecular flexibility index (Phi) is 3.75. The van der Waals surface area contributed by atoms with Gasteiger partial charge in [0.25, 0.3) is 0 Å². The van der Waals surface area contributed by atoms with Crippen molar-refractivity contribution in [3.63, 3.8) is 0 Å². The van der Waals surface area contributed by atoms with Gasteiger partial charge in [0, 0.05) is 12.1 Å². The summed E-state index contributed by atoms with van der Waals surface area (Å²) in [5, 5.41) is 11.9. The van der Waals surface area contributed by atoms with Gasteiger partial charge in [-0.2, -0.15) is 5.26 Å². The lowest BCUT2D eigenvalue weighted by Crippen LogP contribution is -2.18. The Morgan fingerprint density at radius 3 is 2.94 bits per heavy atom. The van der Waals surface area contributed by atoms with Crippen LogP contribution in [0.5, 0.6) is 0 Å². The van der Waals surface area contributed by atoms with Crippen LogP contribution in [0.4, 0.5) is 4.39 Å². The molecule has 92 valence electrons. The molecular weight excluding hydrogens is 231 g/mol. The van der Waals surface area contributed by atoms with Crippen molar-refractivity contribution in [3.8, 4) is 6.07 Å². The van der Waals surface area contributed by atoms with Gasteiger partial charge in [0.1, 0.15) is 11.6 Å². The van der Waals surface area contributed by atoms with Crippen LogP contribution in [0.25, 0.3) is 0 Å². The molecule has 0 unspecified atom stereocenters. The molecule has 18 heavy (non-hydrogen) atoms. The Bertz CT molecular complexity index is 558. The molecule has 1 N–H and O–H groups in total. The highest BCUT2D eigenvalue weighted by Crippen LogP contribution is 2.15. The van der Waals surface area contributed by atoms with Crippen molar-refractivity contribution >= 4 is 0 Å². The molecule has 0 aliphatic rings. The van der Waals surface area contributed by atoms with Crippen LogP contribution < -0.4 is 5.32 Å². The van der Waals surface area contributed by atoms with Crippen LogP contribution in [0.2, 0.25) is 0 Å². The van der Waals surface area contributed by atoms with E-state index in [1.54, 1.807) is 12.3 Å². The first-order valence-electron chi connectivity index (χ1n) is 5.66. The number of halogens is 1. The number of hydrogen-bond donors (Lipinski definition) is 1. The van der Waals surface area contributed by atoms with E-state index in [0.717, 1.165) is 5.76 Å². The van der Waals surface area contributed by atoms with Crippen molar-refractivity contribution in [1.29, 1.82) is 5.26 Å². The summed E-state index contributed by atoms with van der Waals surface area (Å²) in [6, 6.07) is 9.99. The number of hydrogen-bond acceptors (Lipinski definition) is 3. The monoisotopic (exact) mass is 244 g/mol. The van der Waals surface area contributed by atoms with E-state index in [1.165, 1.54) is 12.1 Å². The number of furan rings is 1. The summed E-state index contributed by atoms with van der Waals surface area (Å²) >= 11 is 0. The van der Waals surface area contributed by atoms with E-state index in [-0.39, 0.29) is 11.9 Å². The van der Waals surface area contributed by atoms with Gasteiger partial charge in [-0.05, 0) is 37.3 Å². The molecule has 1 aromatic carbocycles. The predicted octanol–water partition coefficient (Wildman–Crippen LogP) is 3.14. The van der Waals surface area contributed by atoms with Gasteiger partial charge in [-0.3, -0.25) is 0 Å². The molecule has 0 bridgehead atoms. The number of nitriles is 1. The molecule has 0 saturated carbocycles. The summed E-state index contributed by atoms with van der Waals surface area (Å²) < 4.78 is 18.8. The van der Waals surface area contributed by atoms with E-state index in [9.17, 15) is 4.39 Å². The average molecular weight is 244 g/mol. The second kappa shape index (κ2) is 5.48. The minimum Gasteiger partial charge on any atom is -0.468 e. The van der Waals surface area contributed by atoms with Gasteiger partial charge in [-0.25, -0.2) is 4.39 Å². The minimum atomic E-state index is -0.312. The van der Waals surface area contributed by atoms with E-state index >= 15 is 0 Å². The van der Waals surface area contributed by atoms with E-state index in [1.807, 2.05) is 25.1 Å². The van der Waals surface area contributed by atoms with Crippen LogP contribution in [0.1, 0.15) is 29.9 Å². The van der Waals surface area contributed by atoms with Crippen LogP contribution in [-0.4, -0.2) is 0 Å². The molecule has 2 rings (SSSR count). The third-order valence-corrected chi connectivity index (χ3v) is 2.74. The van der Waals surface area contributed by atoms with Crippen LogP contribution in [0.15, 0.2) is 41.0 Å². The summed E-state index contributed by atoms with van der Waals surface area (Å²) in [6.07, 6.45) is 1.60. The second-order valence-corrected chi connectivity index (χ2v) is 4.04. The molecule has 1 atom stereocenters. The molecule has 4 heteroatoms. The lowest BCUT2D eigenvalue weighted by atomic mass is 10.1. The molecule has 0 fully saturated rings.